The van der Waals surface area contributed by atoms with Gasteiger partial charge in [0.15, 0.2) is 0 Å². The fraction of sp³-hybridized carbons (Fsp3) is 0.933. The van der Waals surface area contributed by atoms with Gasteiger partial charge in [-0.2, -0.15) is 0 Å². The number of aliphatic hydroxyl groups is 3. The summed E-state index contributed by atoms with van der Waals surface area (Å²) in [5.41, 5.74) is 1.38. The van der Waals surface area contributed by atoms with Crippen molar-refractivity contribution in [1.29, 1.82) is 0 Å². The van der Waals surface area contributed by atoms with Crippen LogP contribution in [0.3, 0.4) is 0 Å². The lowest BCUT2D eigenvalue weighted by atomic mass is 9.33. The molecule has 0 bridgehead atoms. The minimum absolute atomic E-state index is 0.0404. The monoisotopic (exact) mass is 458 g/mol. The number of fused-ring (bicyclic) bond motifs is 7. The molecule has 0 amide bonds. The molecule has 3 nitrogen and oxygen atoms in total. The molecule has 5 aliphatic rings. The van der Waals surface area contributed by atoms with E-state index in [1.54, 1.807) is 5.57 Å². The summed E-state index contributed by atoms with van der Waals surface area (Å²) in [7, 11) is 0. The van der Waals surface area contributed by atoms with E-state index in [0.29, 0.717) is 23.7 Å². The van der Waals surface area contributed by atoms with E-state index >= 15 is 0 Å². The van der Waals surface area contributed by atoms with Crippen molar-refractivity contribution in [3.8, 4) is 0 Å². The fourth-order valence-electron chi connectivity index (χ4n) is 10.9. The fourth-order valence-corrected chi connectivity index (χ4v) is 10.9. The summed E-state index contributed by atoms with van der Waals surface area (Å²) < 4.78 is 0. The number of rotatable bonds is 0. The Labute approximate surface area is 202 Å². The van der Waals surface area contributed by atoms with Gasteiger partial charge in [0.1, 0.15) is 0 Å². The Morgan fingerprint density at radius 2 is 1.48 bits per heavy atom. The van der Waals surface area contributed by atoms with Crippen LogP contribution in [0.2, 0.25) is 0 Å². The van der Waals surface area contributed by atoms with Crippen molar-refractivity contribution in [2.75, 3.05) is 0 Å². The molecular formula is C30H50O3. The normalized spacial score (nSPS) is 60.0. The second kappa shape index (κ2) is 7.10. The maximum absolute atomic E-state index is 11.7. The number of aliphatic hydroxyl groups excluding tert-OH is 3. The molecule has 4 fully saturated rings. The molecule has 0 heterocycles. The summed E-state index contributed by atoms with van der Waals surface area (Å²) in [4.78, 5) is 0. The van der Waals surface area contributed by atoms with Crippen molar-refractivity contribution >= 4 is 0 Å². The molecule has 188 valence electrons. The highest BCUT2D eigenvalue weighted by Crippen LogP contribution is 2.75. The van der Waals surface area contributed by atoms with Crippen LogP contribution in [0.1, 0.15) is 100 Å². The standard InChI is InChI=1S/C30H50O3/c1-17-15-23(32)30(8)24(33)16-29(7)19(25(30)18(17)2)9-10-21-27(5)13-12-22(31)26(3,4)20(27)11-14-28(21,29)6/h9,17-18,20-25,31-33H,10-16H2,1-8H3/t17?,18?,20-,21+,22?,23?,24?,25-,27-,28+,29+,30+/m0/s1. The Kier molecular flexibility index (Phi) is 5.23. The largest absolute Gasteiger partial charge is 0.393 e. The van der Waals surface area contributed by atoms with Crippen LogP contribution >= 0.6 is 0 Å². The van der Waals surface area contributed by atoms with Gasteiger partial charge in [-0.25, -0.2) is 0 Å². The average Bonchev–Trinajstić information content (AvgIpc) is 2.71. The summed E-state index contributed by atoms with van der Waals surface area (Å²) >= 11 is 0. The van der Waals surface area contributed by atoms with Gasteiger partial charge >= 0.3 is 0 Å². The van der Waals surface area contributed by atoms with Crippen LogP contribution < -0.4 is 0 Å². The van der Waals surface area contributed by atoms with E-state index in [2.05, 4.69) is 61.5 Å². The van der Waals surface area contributed by atoms with Gasteiger partial charge in [0, 0.05) is 5.41 Å². The second-order valence-corrected chi connectivity index (χ2v) is 14.8. The molecule has 0 aromatic heterocycles. The van der Waals surface area contributed by atoms with Gasteiger partial charge in [-0.05, 0) is 96.2 Å². The maximum atomic E-state index is 11.7. The highest BCUT2D eigenvalue weighted by atomic mass is 16.3. The molecule has 3 N–H and O–H groups in total. The van der Waals surface area contributed by atoms with E-state index in [1.807, 2.05) is 0 Å². The molecule has 0 radical (unpaired) electrons. The zero-order valence-corrected chi connectivity index (χ0v) is 22.5. The van der Waals surface area contributed by atoms with Crippen LogP contribution in [0.4, 0.5) is 0 Å². The molecule has 5 rings (SSSR count). The predicted octanol–water partition coefficient (Wildman–Crippen LogP) is 5.97. The van der Waals surface area contributed by atoms with E-state index in [4.69, 9.17) is 0 Å². The summed E-state index contributed by atoms with van der Waals surface area (Å²) in [6.07, 6.45) is 8.52. The van der Waals surface area contributed by atoms with Crippen LogP contribution in [0.5, 0.6) is 0 Å². The Morgan fingerprint density at radius 1 is 0.818 bits per heavy atom. The first-order valence-corrected chi connectivity index (χ1v) is 13.9. The molecule has 5 unspecified atom stereocenters. The molecular weight excluding hydrogens is 408 g/mol. The highest BCUT2D eigenvalue weighted by Gasteiger charge is 2.70. The van der Waals surface area contributed by atoms with Crippen LogP contribution in [0.15, 0.2) is 11.6 Å². The van der Waals surface area contributed by atoms with Crippen molar-refractivity contribution in [2.24, 2.45) is 56.7 Å². The minimum atomic E-state index is -0.472. The lowest BCUT2D eigenvalue weighted by Crippen LogP contribution is -2.68. The molecule has 0 spiro atoms. The number of hydrogen-bond donors (Lipinski definition) is 3. The van der Waals surface area contributed by atoms with Crippen LogP contribution in [-0.2, 0) is 0 Å². The van der Waals surface area contributed by atoms with Crippen LogP contribution in [0, 0.1) is 56.7 Å². The first-order chi connectivity index (χ1) is 15.2. The predicted molar refractivity (Wildman–Crippen MR) is 133 cm³/mol. The van der Waals surface area contributed by atoms with E-state index in [1.165, 1.54) is 12.8 Å². The van der Waals surface area contributed by atoms with Gasteiger partial charge in [-0.1, -0.05) is 67.0 Å². The summed E-state index contributed by atoms with van der Waals surface area (Å²) in [6.45, 7) is 19.0. The van der Waals surface area contributed by atoms with Crippen molar-refractivity contribution in [1.82, 2.24) is 0 Å². The third-order valence-corrected chi connectivity index (χ3v) is 13.6. The zero-order chi connectivity index (χ0) is 24.4. The quantitative estimate of drug-likeness (QED) is 0.392. The van der Waals surface area contributed by atoms with Crippen LogP contribution in [-0.4, -0.2) is 33.6 Å². The third kappa shape index (κ3) is 2.74. The maximum Gasteiger partial charge on any atom is 0.0632 e. The van der Waals surface area contributed by atoms with Crippen molar-refractivity contribution in [2.45, 2.75) is 119 Å². The molecule has 0 aliphatic heterocycles. The van der Waals surface area contributed by atoms with Gasteiger partial charge in [0.2, 0.25) is 0 Å². The Morgan fingerprint density at radius 3 is 2.15 bits per heavy atom. The topological polar surface area (TPSA) is 60.7 Å². The molecule has 33 heavy (non-hydrogen) atoms. The second-order valence-electron chi connectivity index (χ2n) is 14.8. The van der Waals surface area contributed by atoms with Gasteiger partial charge in [-0.15, -0.1) is 0 Å². The Balaban J connectivity index is 1.63. The van der Waals surface area contributed by atoms with Gasteiger partial charge < -0.3 is 15.3 Å². The molecule has 0 aromatic carbocycles. The molecule has 0 saturated heterocycles. The van der Waals surface area contributed by atoms with Crippen molar-refractivity contribution in [3.05, 3.63) is 11.6 Å². The van der Waals surface area contributed by atoms with E-state index < -0.39 is 17.6 Å². The van der Waals surface area contributed by atoms with Gasteiger partial charge in [-0.3, -0.25) is 0 Å². The summed E-state index contributed by atoms with van der Waals surface area (Å²) in [5, 5.41) is 33.9. The summed E-state index contributed by atoms with van der Waals surface area (Å²) in [6, 6.07) is 0. The zero-order valence-electron chi connectivity index (χ0n) is 22.5. The lowest BCUT2D eigenvalue weighted by molar-refractivity contribution is -0.227. The minimum Gasteiger partial charge on any atom is -0.393 e. The average molecular weight is 459 g/mol. The molecule has 4 saturated carbocycles. The van der Waals surface area contributed by atoms with Gasteiger partial charge in [0.25, 0.3) is 0 Å². The van der Waals surface area contributed by atoms with Crippen LogP contribution in [0.25, 0.3) is 0 Å². The molecule has 5 aliphatic carbocycles. The molecule has 12 atom stereocenters. The number of hydrogen-bond acceptors (Lipinski definition) is 3. The molecule has 0 aromatic rings. The SMILES string of the molecule is CC1CC(O)[C@]2(C)C(O)C[C@]3(C)C(=CC[C@@H]4[C@@]5(C)CCC(O)C(C)(C)[C@@H]5CC[C@]43C)[C@@H]2C1C. The molecule has 3 heteroatoms. The Hall–Kier alpha value is -0.380. The first-order valence-electron chi connectivity index (χ1n) is 13.9. The van der Waals surface area contributed by atoms with E-state index in [-0.39, 0.29) is 33.7 Å². The third-order valence-electron chi connectivity index (χ3n) is 13.6. The number of allylic oxidation sites excluding steroid dienone is 2. The van der Waals surface area contributed by atoms with E-state index in [9.17, 15) is 15.3 Å². The van der Waals surface area contributed by atoms with Crippen molar-refractivity contribution in [3.63, 3.8) is 0 Å². The van der Waals surface area contributed by atoms with E-state index in [0.717, 1.165) is 32.1 Å². The highest BCUT2D eigenvalue weighted by molar-refractivity contribution is 5.35. The Bertz CT molecular complexity index is 847. The first kappa shape index (κ1) is 24.3. The van der Waals surface area contributed by atoms with Crippen molar-refractivity contribution < 1.29 is 15.3 Å². The van der Waals surface area contributed by atoms with Gasteiger partial charge in [0.05, 0.1) is 18.3 Å². The lowest BCUT2D eigenvalue weighted by Gasteiger charge is -2.72. The summed E-state index contributed by atoms with van der Waals surface area (Å²) in [5.74, 6) is 2.29. The smallest absolute Gasteiger partial charge is 0.0632 e.